The molecule has 0 radical (unpaired) electrons. The van der Waals surface area contributed by atoms with Crippen molar-refractivity contribution in [2.45, 2.75) is 77.0 Å². The molecule has 1 fully saturated rings. The van der Waals surface area contributed by atoms with Crippen molar-refractivity contribution in [3.63, 3.8) is 0 Å². The topological polar surface area (TPSA) is 84.9 Å². The zero-order chi connectivity index (χ0) is 23.8. The van der Waals surface area contributed by atoms with Crippen LogP contribution in [0.1, 0.15) is 78.9 Å². The number of carbonyl (C=O) groups excluding carboxylic acids is 1. The predicted molar refractivity (Wildman–Crippen MR) is 128 cm³/mol. The van der Waals surface area contributed by atoms with Crippen LogP contribution in [0.5, 0.6) is 5.75 Å². The van der Waals surface area contributed by atoms with Crippen LogP contribution in [-0.4, -0.2) is 36.3 Å². The van der Waals surface area contributed by atoms with E-state index in [9.17, 15) is 14.7 Å². The minimum absolute atomic E-state index is 0.149. The lowest BCUT2D eigenvalue weighted by Crippen LogP contribution is -2.29. The summed E-state index contributed by atoms with van der Waals surface area (Å²) in [6.07, 6.45) is 5.47. The summed E-state index contributed by atoms with van der Waals surface area (Å²) in [5.74, 6) is 0.107. The van der Waals surface area contributed by atoms with Crippen LogP contribution in [0.25, 0.3) is 0 Å². The van der Waals surface area contributed by atoms with Crippen molar-refractivity contribution >= 4 is 11.9 Å². The number of carbonyl (C=O) groups is 2. The van der Waals surface area contributed by atoms with E-state index in [1.54, 1.807) is 13.2 Å². The molecule has 1 saturated carbocycles. The number of ether oxygens (including phenoxy) is 2. The lowest BCUT2D eigenvalue weighted by Gasteiger charge is -2.22. The number of carboxylic acid groups (broad SMARTS) is 1. The van der Waals surface area contributed by atoms with Crippen LogP contribution < -0.4 is 10.1 Å². The van der Waals surface area contributed by atoms with Crippen molar-refractivity contribution in [3.05, 3.63) is 64.7 Å². The lowest BCUT2D eigenvalue weighted by atomic mass is 9.84. The molecule has 0 spiro atoms. The third-order valence-corrected chi connectivity index (χ3v) is 6.17. The van der Waals surface area contributed by atoms with Gasteiger partial charge in [-0.15, -0.1) is 0 Å². The molecule has 2 N–H and O–H groups in total. The smallest absolute Gasteiger partial charge is 0.333 e. The van der Waals surface area contributed by atoms with E-state index < -0.39 is 12.1 Å². The molecule has 0 aromatic heterocycles. The molecule has 0 bridgehead atoms. The lowest BCUT2D eigenvalue weighted by molar-refractivity contribution is -0.153. The first-order chi connectivity index (χ1) is 15.9. The van der Waals surface area contributed by atoms with E-state index >= 15 is 0 Å². The Labute approximate surface area is 196 Å². The van der Waals surface area contributed by atoms with Gasteiger partial charge in [-0.25, -0.2) is 4.79 Å². The van der Waals surface area contributed by atoms with E-state index in [4.69, 9.17) is 9.47 Å². The van der Waals surface area contributed by atoms with Gasteiger partial charge in [0, 0.05) is 24.1 Å². The first-order valence-corrected chi connectivity index (χ1v) is 11.8. The fraction of sp³-hybridized carbons (Fsp3) is 0.481. The molecule has 1 amide bonds. The zero-order valence-corrected chi connectivity index (χ0v) is 19.8. The molecule has 0 saturated heterocycles. The van der Waals surface area contributed by atoms with Crippen LogP contribution in [0.15, 0.2) is 42.5 Å². The van der Waals surface area contributed by atoms with Crippen LogP contribution in [-0.2, 0) is 22.5 Å². The van der Waals surface area contributed by atoms with Gasteiger partial charge < -0.3 is 19.9 Å². The van der Waals surface area contributed by atoms with E-state index in [-0.39, 0.29) is 25.0 Å². The average molecular weight is 454 g/mol. The fourth-order valence-electron chi connectivity index (χ4n) is 4.45. The van der Waals surface area contributed by atoms with Gasteiger partial charge in [-0.05, 0) is 61.9 Å². The van der Waals surface area contributed by atoms with Gasteiger partial charge >= 0.3 is 5.97 Å². The normalized spacial score (nSPS) is 15.3. The van der Waals surface area contributed by atoms with Gasteiger partial charge in [-0.2, -0.15) is 0 Å². The summed E-state index contributed by atoms with van der Waals surface area (Å²) >= 11 is 0. The largest absolute Gasteiger partial charge is 0.496 e. The van der Waals surface area contributed by atoms with E-state index in [0.29, 0.717) is 17.2 Å². The average Bonchev–Trinajstić information content (AvgIpc) is 2.82. The molecule has 178 valence electrons. The second-order valence-electron chi connectivity index (χ2n) is 9.00. The summed E-state index contributed by atoms with van der Waals surface area (Å²) in [7, 11) is 1.58. The summed E-state index contributed by atoms with van der Waals surface area (Å²) in [5.41, 5.74) is 3.54. The number of amides is 1. The molecular weight excluding hydrogens is 418 g/mol. The van der Waals surface area contributed by atoms with Gasteiger partial charge in [0.1, 0.15) is 5.75 Å². The number of methoxy groups -OCH3 is 1. The molecule has 1 aliphatic rings. The van der Waals surface area contributed by atoms with E-state index in [2.05, 4.69) is 17.4 Å². The summed E-state index contributed by atoms with van der Waals surface area (Å²) in [5, 5.41) is 12.4. The second-order valence-corrected chi connectivity index (χ2v) is 9.00. The molecular formula is C27H35NO5. The number of carboxylic acids is 1. The number of rotatable bonds is 10. The van der Waals surface area contributed by atoms with Gasteiger partial charge in [-0.3, -0.25) is 4.79 Å². The Bertz CT molecular complexity index is 932. The zero-order valence-electron chi connectivity index (χ0n) is 19.8. The highest BCUT2D eigenvalue weighted by Crippen LogP contribution is 2.32. The Morgan fingerprint density at radius 2 is 1.76 bits per heavy atom. The van der Waals surface area contributed by atoms with Crippen molar-refractivity contribution in [2.24, 2.45) is 0 Å². The molecule has 0 heterocycles. The summed E-state index contributed by atoms with van der Waals surface area (Å²) in [6.45, 7) is 3.90. The Balaban J connectivity index is 1.65. The highest BCUT2D eigenvalue weighted by atomic mass is 16.5. The molecule has 3 rings (SSSR count). The van der Waals surface area contributed by atoms with Crippen LogP contribution in [0.2, 0.25) is 0 Å². The molecule has 6 heteroatoms. The predicted octanol–water partition coefficient (Wildman–Crippen LogP) is 5.09. The highest BCUT2D eigenvalue weighted by molar-refractivity contribution is 5.94. The standard InChI is InChI=1S/C27H35NO5/c1-18(2)33-25(27(30)31)16-19-9-14-24(32-3)23(15-19)17-28-26(29)22-12-10-21(11-13-22)20-7-5-4-6-8-20/h9-15,18,20,25H,4-8,16-17H2,1-3H3,(H,28,29)(H,30,31). The Morgan fingerprint density at radius 1 is 1.06 bits per heavy atom. The number of nitrogens with one attached hydrogen (secondary N) is 1. The van der Waals surface area contributed by atoms with Crippen molar-refractivity contribution in [2.75, 3.05) is 7.11 Å². The fourth-order valence-corrected chi connectivity index (χ4v) is 4.45. The quantitative estimate of drug-likeness (QED) is 0.523. The van der Waals surface area contributed by atoms with Gasteiger partial charge in [0.25, 0.3) is 5.91 Å². The van der Waals surface area contributed by atoms with Crippen molar-refractivity contribution in [1.82, 2.24) is 5.32 Å². The third-order valence-electron chi connectivity index (χ3n) is 6.17. The van der Waals surface area contributed by atoms with E-state index in [1.807, 2.05) is 38.1 Å². The van der Waals surface area contributed by atoms with Crippen LogP contribution >= 0.6 is 0 Å². The number of aliphatic carboxylic acids is 1. The first kappa shape index (κ1) is 24.8. The Morgan fingerprint density at radius 3 is 2.36 bits per heavy atom. The molecule has 33 heavy (non-hydrogen) atoms. The molecule has 2 aromatic carbocycles. The molecule has 2 aromatic rings. The maximum absolute atomic E-state index is 12.7. The van der Waals surface area contributed by atoms with Gasteiger partial charge in [-0.1, -0.05) is 43.5 Å². The van der Waals surface area contributed by atoms with Gasteiger partial charge in [0.15, 0.2) is 6.10 Å². The first-order valence-electron chi connectivity index (χ1n) is 11.8. The number of hydrogen-bond acceptors (Lipinski definition) is 4. The number of hydrogen-bond donors (Lipinski definition) is 2. The second kappa shape index (κ2) is 11.8. The minimum atomic E-state index is -0.994. The molecule has 0 aliphatic heterocycles. The van der Waals surface area contributed by atoms with E-state index in [1.165, 1.54) is 37.7 Å². The van der Waals surface area contributed by atoms with Crippen molar-refractivity contribution < 1.29 is 24.2 Å². The highest BCUT2D eigenvalue weighted by Gasteiger charge is 2.21. The number of benzene rings is 2. The van der Waals surface area contributed by atoms with Crippen molar-refractivity contribution in [3.8, 4) is 5.75 Å². The van der Waals surface area contributed by atoms with Crippen LogP contribution in [0, 0.1) is 0 Å². The Hall–Kier alpha value is -2.86. The minimum Gasteiger partial charge on any atom is -0.496 e. The third kappa shape index (κ3) is 7.06. The maximum Gasteiger partial charge on any atom is 0.333 e. The van der Waals surface area contributed by atoms with Crippen LogP contribution in [0.4, 0.5) is 0 Å². The molecule has 1 unspecified atom stereocenters. The van der Waals surface area contributed by atoms with Crippen LogP contribution in [0.3, 0.4) is 0 Å². The van der Waals surface area contributed by atoms with Gasteiger partial charge in [0.2, 0.25) is 0 Å². The van der Waals surface area contributed by atoms with Crippen molar-refractivity contribution in [1.29, 1.82) is 0 Å². The Kier molecular flexibility index (Phi) is 8.89. The summed E-state index contributed by atoms with van der Waals surface area (Å²) in [4.78, 5) is 24.3. The summed E-state index contributed by atoms with van der Waals surface area (Å²) in [6, 6.07) is 13.4. The molecule has 1 aliphatic carbocycles. The maximum atomic E-state index is 12.7. The monoisotopic (exact) mass is 453 g/mol. The molecule has 1 atom stereocenters. The molecule has 6 nitrogen and oxygen atoms in total. The summed E-state index contributed by atoms with van der Waals surface area (Å²) < 4.78 is 11.0. The SMILES string of the molecule is COc1ccc(CC(OC(C)C)C(=O)O)cc1CNC(=O)c1ccc(C2CCCCC2)cc1. The van der Waals surface area contributed by atoms with Gasteiger partial charge in [0.05, 0.1) is 13.2 Å². The van der Waals surface area contributed by atoms with E-state index in [0.717, 1.165) is 11.1 Å².